The first-order chi connectivity index (χ1) is 5.33. The van der Waals surface area contributed by atoms with Crippen molar-refractivity contribution in [1.82, 2.24) is 0 Å². The molecule has 11 heavy (non-hydrogen) atoms. The van der Waals surface area contributed by atoms with Crippen LogP contribution < -0.4 is 0 Å². The van der Waals surface area contributed by atoms with E-state index in [1.165, 1.54) is 6.42 Å². The molecule has 1 fully saturated rings. The van der Waals surface area contributed by atoms with Gasteiger partial charge in [0.25, 0.3) is 0 Å². The standard InChI is InChI=1S/C8H14BrFO/c9-6-7(10)5-8-3-1-2-4-11-8/h7-8H,1-6H2/t7-,8+/m0/s1. The lowest BCUT2D eigenvalue weighted by Crippen LogP contribution is -2.23. The second-order valence-corrected chi connectivity index (χ2v) is 3.62. The minimum atomic E-state index is -0.738. The van der Waals surface area contributed by atoms with E-state index in [0.29, 0.717) is 11.8 Å². The molecule has 1 aliphatic heterocycles. The average molecular weight is 225 g/mol. The van der Waals surface area contributed by atoms with Crippen molar-refractivity contribution in [2.24, 2.45) is 0 Å². The van der Waals surface area contributed by atoms with E-state index in [9.17, 15) is 4.39 Å². The van der Waals surface area contributed by atoms with E-state index >= 15 is 0 Å². The molecule has 1 saturated heterocycles. The van der Waals surface area contributed by atoms with Gasteiger partial charge in [-0.2, -0.15) is 0 Å². The number of rotatable bonds is 3. The molecular weight excluding hydrogens is 211 g/mol. The normalized spacial score (nSPS) is 28.4. The van der Waals surface area contributed by atoms with Gasteiger partial charge < -0.3 is 4.74 Å². The van der Waals surface area contributed by atoms with Crippen molar-refractivity contribution in [3.8, 4) is 0 Å². The highest BCUT2D eigenvalue weighted by atomic mass is 79.9. The first kappa shape index (κ1) is 9.46. The fourth-order valence-corrected chi connectivity index (χ4v) is 1.61. The molecule has 0 spiro atoms. The summed E-state index contributed by atoms with van der Waals surface area (Å²) >= 11 is 3.11. The van der Waals surface area contributed by atoms with Crippen molar-refractivity contribution >= 4 is 15.9 Å². The fraction of sp³-hybridized carbons (Fsp3) is 1.00. The van der Waals surface area contributed by atoms with Crippen LogP contribution >= 0.6 is 15.9 Å². The van der Waals surface area contributed by atoms with Crippen LogP contribution in [0, 0.1) is 0 Å². The smallest absolute Gasteiger partial charge is 0.112 e. The molecule has 0 aliphatic carbocycles. The molecule has 0 aromatic rings. The van der Waals surface area contributed by atoms with Crippen molar-refractivity contribution in [3.63, 3.8) is 0 Å². The summed E-state index contributed by atoms with van der Waals surface area (Å²) in [4.78, 5) is 0. The SMILES string of the molecule is F[C@H](CBr)C[C@H]1CCCCO1. The molecule has 66 valence electrons. The average Bonchev–Trinajstić information content (AvgIpc) is 2.06. The minimum Gasteiger partial charge on any atom is -0.378 e. The van der Waals surface area contributed by atoms with Crippen molar-refractivity contribution in [1.29, 1.82) is 0 Å². The van der Waals surface area contributed by atoms with Crippen LogP contribution in [0.2, 0.25) is 0 Å². The van der Waals surface area contributed by atoms with E-state index in [1.54, 1.807) is 0 Å². The number of ether oxygens (including phenoxy) is 1. The highest BCUT2D eigenvalue weighted by Crippen LogP contribution is 2.18. The summed E-state index contributed by atoms with van der Waals surface area (Å²) in [5.41, 5.74) is 0. The zero-order chi connectivity index (χ0) is 8.10. The Morgan fingerprint density at radius 3 is 2.91 bits per heavy atom. The quantitative estimate of drug-likeness (QED) is 0.671. The molecule has 0 aromatic heterocycles. The van der Waals surface area contributed by atoms with Gasteiger partial charge in [0.05, 0.1) is 6.10 Å². The molecule has 1 heterocycles. The number of hydrogen-bond acceptors (Lipinski definition) is 1. The first-order valence-corrected chi connectivity index (χ1v) is 5.26. The Kier molecular flexibility index (Phi) is 4.38. The largest absolute Gasteiger partial charge is 0.378 e. The minimum absolute atomic E-state index is 0.177. The molecule has 1 nitrogen and oxygen atoms in total. The Bertz CT molecular complexity index is 104. The van der Waals surface area contributed by atoms with Gasteiger partial charge >= 0.3 is 0 Å². The Balaban J connectivity index is 2.13. The van der Waals surface area contributed by atoms with Crippen LogP contribution in [0.1, 0.15) is 25.7 Å². The molecule has 1 rings (SSSR count). The lowest BCUT2D eigenvalue weighted by Gasteiger charge is -2.23. The summed E-state index contributed by atoms with van der Waals surface area (Å²) in [5, 5.41) is 0.437. The maximum absolute atomic E-state index is 12.8. The maximum atomic E-state index is 12.8. The van der Waals surface area contributed by atoms with Gasteiger partial charge in [-0.1, -0.05) is 15.9 Å². The molecule has 0 unspecified atom stereocenters. The Morgan fingerprint density at radius 1 is 1.55 bits per heavy atom. The number of hydrogen-bond donors (Lipinski definition) is 0. The van der Waals surface area contributed by atoms with E-state index < -0.39 is 6.17 Å². The summed E-state index contributed by atoms with van der Waals surface area (Å²) in [7, 11) is 0. The van der Waals surface area contributed by atoms with Gasteiger partial charge in [0, 0.05) is 18.4 Å². The predicted octanol–water partition coefficient (Wildman–Crippen LogP) is 2.68. The van der Waals surface area contributed by atoms with Gasteiger partial charge in [0.2, 0.25) is 0 Å². The first-order valence-electron chi connectivity index (χ1n) is 4.14. The van der Waals surface area contributed by atoms with Crippen molar-refractivity contribution in [2.75, 3.05) is 11.9 Å². The van der Waals surface area contributed by atoms with Crippen LogP contribution in [0.5, 0.6) is 0 Å². The van der Waals surface area contributed by atoms with E-state index in [4.69, 9.17) is 4.74 Å². The van der Waals surface area contributed by atoms with E-state index in [1.807, 2.05) is 0 Å². The van der Waals surface area contributed by atoms with Crippen LogP contribution in [-0.4, -0.2) is 24.2 Å². The molecule has 3 heteroatoms. The summed E-state index contributed by atoms with van der Waals surface area (Å²) in [6, 6.07) is 0. The van der Waals surface area contributed by atoms with Crippen LogP contribution in [-0.2, 0) is 4.74 Å². The third-order valence-corrected chi connectivity index (χ3v) is 2.66. The van der Waals surface area contributed by atoms with Crippen molar-refractivity contribution in [3.05, 3.63) is 0 Å². The highest BCUT2D eigenvalue weighted by Gasteiger charge is 2.17. The van der Waals surface area contributed by atoms with Crippen LogP contribution in [0.25, 0.3) is 0 Å². The maximum Gasteiger partial charge on any atom is 0.112 e. The van der Waals surface area contributed by atoms with Gasteiger partial charge in [-0.05, 0) is 19.3 Å². The van der Waals surface area contributed by atoms with E-state index in [2.05, 4.69) is 15.9 Å². The van der Waals surface area contributed by atoms with Crippen molar-refractivity contribution < 1.29 is 9.13 Å². The Morgan fingerprint density at radius 2 is 2.36 bits per heavy atom. The fourth-order valence-electron chi connectivity index (χ4n) is 1.34. The van der Waals surface area contributed by atoms with E-state index in [0.717, 1.165) is 19.4 Å². The number of alkyl halides is 2. The van der Waals surface area contributed by atoms with Gasteiger partial charge in [-0.3, -0.25) is 0 Å². The van der Waals surface area contributed by atoms with Crippen molar-refractivity contribution in [2.45, 2.75) is 38.0 Å². The predicted molar refractivity (Wildman–Crippen MR) is 46.9 cm³/mol. The lowest BCUT2D eigenvalue weighted by molar-refractivity contribution is 0.0000546. The lowest BCUT2D eigenvalue weighted by atomic mass is 10.0. The summed E-state index contributed by atoms with van der Waals surface area (Å²) in [6.07, 6.45) is 3.37. The van der Waals surface area contributed by atoms with E-state index in [-0.39, 0.29) is 6.10 Å². The second-order valence-electron chi connectivity index (χ2n) is 2.98. The second kappa shape index (κ2) is 5.09. The van der Waals surface area contributed by atoms with Gasteiger partial charge in [0.1, 0.15) is 6.17 Å². The van der Waals surface area contributed by atoms with Crippen LogP contribution in [0.15, 0.2) is 0 Å². The molecule has 0 bridgehead atoms. The summed E-state index contributed by atoms with van der Waals surface area (Å²) < 4.78 is 18.2. The number of halogens is 2. The topological polar surface area (TPSA) is 9.23 Å². The summed E-state index contributed by atoms with van der Waals surface area (Å²) in [5.74, 6) is 0. The van der Waals surface area contributed by atoms with Crippen LogP contribution in [0.3, 0.4) is 0 Å². The zero-order valence-electron chi connectivity index (χ0n) is 6.56. The molecule has 2 atom stereocenters. The Labute approximate surface area is 75.4 Å². The molecule has 1 aliphatic rings. The Hall–Kier alpha value is 0.370. The molecule has 0 aromatic carbocycles. The molecular formula is C8H14BrFO. The van der Waals surface area contributed by atoms with Gasteiger partial charge in [-0.25, -0.2) is 4.39 Å². The third-order valence-electron chi connectivity index (χ3n) is 1.96. The van der Waals surface area contributed by atoms with Crippen LogP contribution in [0.4, 0.5) is 4.39 Å². The molecule has 0 radical (unpaired) electrons. The zero-order valence-corrected chi connectivity index (χ0v) is 8.15. The third kappa shape index (κ3) is 3.52. The molecule has 0 saturated carbocycles. The highest BCUT2D eigenvalue weighted by molar-refractivity contribution is 9.09. The van der Waals surface area contributed by atoms with Gasteiger partial charge in [0.15, 0.2) is 0 Å². The molecule has 0 amide bonds. The van der Waals surface area contributed by atoms with Gasteiger partial charge in [-0.15, -0.1) is 0 Å². The monoisotopic (exact) mass is 224 g/mol. The molecule has 0 N–H and O–H groups in total. The summed E-state index contributed by atoms with van der Waals surface area (Å²) in [6.45, 7) is 0.819.